The molecule has 0 atom stereocenters. The molecule has 0 fully saturated rings. The summed E-state index contributed by atoms with van der Waals surface area (Å²) in [5, 5.41) is 7.78. The Morgan fingerprint density at radius 3 is 2.36 bits per heavy atom. The summed E-state index contributed by atoms with van der Waals surface area (Å²) < 4.78 is 2.67. The molecule has 0 unspecified atom stereocenters. The second-order valence-corrected chi connectivity index (χ2v) is 10.1. The van der Waals surface area contributed by atoms with Crippen molar-refractivity contribution in [2.24, 2.45) is 0 Å². The molecule has 1 aromatic heterocycles. The molecule has 0 saturated carbocycles. The minimum atomic E-state index is -0.260. The van der Waals surface area contributed by atoms with Crippen LogP contribution in [-0.4, -0.2) is 39.6 Å². The second-order valence-electron chi connectivity index (χ2n) is 9.14. The average Bonchev–Trinajstić information content (AvgIpc) is 3.18. The maximum absolute atomic E-state index is 13.1. The molecule has 33 heavy (non-hydrogen) atoms. The molecule has 0 spiro atoms. The van der Waals surface area contributed by atoms with E-state index in [1.54, 1.807) is 21.7 Å². The van der Waals surface area contributed by atoms with E-state index in [1.807, 2.05) is 56.3 Å². The lowest BCUT2D eigenvalue weighted by Crippen LogP contribution is -2.38. The van der Waals surface area contributed by atoms with Gasteiger partial charge < -0.3 is 10.2 Å². The minimum Gasteiger partial charge on any atom is -0.329 e. The van der Waals surface area contributed by atoms with E-state index in [2.05, 4.69) is 42.0 Å². The predicted molar refractivity (Wildman–Crippen MR) is 136 cm³/mol. The van der Waals surface area contributed by atoms with Crippen LogP contribution in [0.15, 0.2) is 59.1 Å². The van der Waals surface area contributed by atoms with Crippen LogP contribution in [0.5, 0.6) is 0 Å². The van der Waals surface area contributed by atoms with Crippen molar-refractivity contribution in [1.82, 2.24) is 14.7 Å². The quantitative estimate of drug-likeness (QED) is 0.441. The van der Waals surface area contributed by atoms with Crippen LogP contribution in [0.1, 0.15) is 55.7 Å². The smallest absolute Gasteiger partial charge is 0.254 e. The molecule has 2 aromatic carbocycles. The highest BCUT2D eigenvalue weighted by Crippen LogP contribution is 2.27. The summed E-state index contributed by atoms with van der Waals surface area (Å²) in [6, 6.07) is 17.0. The fourth-order valence-corrected chi connectivity index (χ4v) is 3.74. The SMILES string of the molecule is CCCN(CC(=O)Nc1cc(C(C)(C)C)nn1-c1ccccc1C)C(=O)c1ccc(Br)cc1. The number of rotatable bonds is 7. The van der Waals surface area contributed by atoms with Crippen molar-refractivity contribution in [3.63, 3.8) is 0 Å². The molecule has 1 N–H and O–H groups in total. The van der Waals surface area contributed by atoms with Gasteiger partial charge in [-0.05, 0) is 49.2 Å². The summed E-state index contributed by atoms with van der Waals surface area (Å²) in [6.07, 6.45) is 0.755. The molecule has 3 rings (SSSR count). The Morgan fingerprint density at radius 2 is 1.76 bits per heavy atom. The maximum Gasteiger partial charge on any atom is 0.254 e. The number of hydrogen-bond acceptors (Lipinski definition) is 3. The van der Waals surface area contributed by atoms with Crippen LogP contribution >= 0.6 is 15.9 Å². The normalized spacial score (nSPS) is 11.3. The molecule has 3 aromatic rings. The van der Waals surface area contributed by atoms with E-state index < -0.39 is 0 Å². The van der Waals surface area contributed by atoms with Gasteiger partial charge in [-0.1, -0.05) is 61.8 Å². The van der Waals surface area contributed by atoms with Crippen molar-refractivity contribution in [3.05, 3.63) is 75.9 Å². The first kappa shape index (κ1) is 24.7. The minimum absolute atomic E-state index is 0.0352. The third kappa shape index (κ3) is 6.11. The van der Waals surface area contributed by atoms with Gasteiger partial charge in [-0.25, -0.2) is 4.68 Å². The van der Waals surface area contributed by atoms with Gasteiger partial charge >= 0.3 is 0 Å². The van der Waals surface area contributed by atoms with E-state index in [9.17, 15) is 9.59 Å². The van der Waals surface area contributed by atoms with Crippen LogP contribution in [0, 0.1) is 6.92 Å². The van der Waals surface area contributed by atoms with E-state index in [1.165, 1.54) is 0 Å². The first-order valence-corrected chi connectivity index (χ1v) is 11.9. The summed E-state index contributed by atoms with van der Waals surface area (Å²) in [4.78, 5) is 27.7. The molecular weight excluding hydrogens is 480 g/mol. The van der Waals surface area contributed by atoms with Gasteiger partial charge in [0.1, 0.15) is 12.4 Å². The molecule has 0 aliphatic heterocycles. The number of para-hydroxylation sites is 1. The second kappa shape index (κ2) is 10.3. The molecular formula is C26H31BrN4O2. The van der Waals surface area contributed by atoms with Crippen molar-refractivity contribution in [2.75, 3.05) is 18.4 Å². The third-order valence-electron chi connectivity index (χ3n) is 5.30. The number of nitrogens with zero attached hydrogens (tertiary/aromatic N) is 3. The number of hydrogen-bond donors (Lipinski definition) is 1. The predicted octanol–water partition coefficient (Wildman–Crippen LogP) is 5.73. The number of nitrogens with one attached hydrogen (secondary N) is 1. The van der Waals surface area contributed by atoms with Gasteiger partial charge in [-0.15, -0.1) is 0 Å². The lowest BCUT2D eigenvalue weighted by atomic mass is 9.92. The summed E-state index contributed by atoms with van der Waals surface area (Å²) in [7, 11) is 0. The molecule has 0 saturated heterocycles. The number of benzene rings is 2. The molecule has 174 valence electrons. The van der Waals surface area contributed by atoms with Crippen molar-refractivity contribution >= 4 is 33.6 Å². The van der Waals surface area contributed by atoms with Crippen LogP contribution < -0.4 is 5.32 Å². The Morgan fingerprint density at radius 1 is 1.09 bits per heavy atom. The van der Waals surface area contributed by atoms with Crippen LogP contribution in [0.25, 0.3) is 5.69 Å². The highest BCUT2D eigenvalue weighted by molar-refractivity contribution is 9.10. The Hall–Kier alpha value is -2.93. The third-order valence-corrected chi connectivity index (χ3v) is 5.82. The number of amides is 2. The van der Waals surface area contributed by atoms with Crippen molar-refractivity contribution in [1.29, 1.82) is 0 Å². The molecule has 0 aliphatic carbocycles. The first-order valence-electron chi connectivity index (χ1n) is 11.1. The monoisotopic (exact) mass is 510 g/mol. The van der Waals surface area contributed by atoms with Crippen LogP contribution in [0.3, 0.4) is 0 Å². The Labute approximate surface area is 204 Å². The lowest BCUT2D eigenvalue weighted by Gasteiger charge is -2.22. The van der Waals surface area contributed by atoms with E-state index in [-0.39, 0.29) is 23.8 Å². The van der Waals surface area contributed by atoms with Crippen molar-refractivity contribution < 1.29 is 9.59 Å². The number of carbonyl (C=O) groups is 2. The fraction of sp³-hybridized carbons (Fsp3) is 0.346. The van der Waals surface area contributed by atoms with Crippen LogP contribution in [0.2, 0.25) is 0 Å². The lowest BCUT2D eigenvalue weighted by molar-refractivity contribution is -0.116. The zero-order valence-corrected chi connectivity index (χ0v) is 21.4. The molecule has 2 amide bonds. The first-order chi connectivity index (χ1) is 15.6. The van der Waals surface area contributed by atoms with Gasteiger partial charge in [-0.3, -0.25) is 9.59 Å². The van der Waals surface area contributed by atoms with Gasteiger partial charge in [0.25, 0.3) is 5.91 Å². The Balaban J connectivity index is 1.86. The van der Waals surface area contributed by atoms with Crippen molar-refractivity contribution in [2.45, 2.75) is 46.5 Å². The zero-order chi connectivity index (χ0) is 24.2. The zero-order valence-electron chi connectivity index (χ0n) is 19.9. The van der Waals surface area contributed by atoms with E-state index in [4.69, 9.17) is 5.10 Å². The Bertz CT molecular complexity index is 1130. The van der Waals surface area contributed by atoms with Crippen LogP contribution in [-0.2, 0) is 10.2 Å². The summed E-state index contributed by atoms with van der Waals surface area (Å²) in [6.45, 7) is 10.7. The van der Waals surface area contributed by atoms with Gasteiger partial charge in [-0.2, -0.15) is 5.10 Å². The summed E-state index contributed by atoms with van der Waals surface area (Å²) in [5.74, 6) is 0.165. The standard InChI is InChI=1S/C26H31BrN4O2/c1-6-15-30(25(33)19-11-13-20(27)14-12-19)17-24(32)28-23-16-22(26(3,4)5)29-31(23)21-10-8-7-9-18(21)2/h7-14,16H,6,15,17H2,1-5H3,(H,28,32). The van der Waals surface area contributed by atoms with E-state index in [0.29, 0.717) is 17.9 Å². The Kier molecular flexibility index (Phi) is 7.74. The topological polar surface area (TPSA) is 67.2 Å². The summed E-state index contributed by atoms with van der Waals surface area (Å²) >= 11 is 3.39. The van der Waals surface area contributed by atoms with Gasteiger partial charge in [0, 0.05) is 28.1 Å². The number of anilines is 1. The summed E-state index contributed by atoms with van der Waals surface area (Å²) in [5.41, 5.74) is 3.20. The average molecular weight is 511 g/mol. The van der Waals surface area contributed by atoms with Gasteiger partial charge in [0.15, 0.2) is 0 Å². The number of halogens is 1. The molecule has 0 aliphatic rings. The largest absolute Gasteiger partial charge is 0.329 e. The van der Waals surface area contributed by atoms with Crippen LogP contribution in [0.4, 0.5) is 5.82 Å². The number of carbonyl (C=O) groups excluding carboxylic acids is 2. The molecule has 1 heterocycles. The van der Waals surface area contributed by atoms with Crippen molar-refractivity contribution in [3.8, 4) is 5.69 Å². The fourth-order valence-electron chi connectivity index (χ4n) is 3.47. The van der Waals surface area contributed by atoms with E-state index in [0.717, 1.165) is 27.8 Å². The van der Waals surface area contributed by atoms with E-state index >= 15 is 0 Å². The van der Waals surface area contributed by atoms with Gasteiger partial charge in [0.2, 0.25) is 5.91 Å². The highest BCUT2D eigenvalue weighted by Gasteiger charge is 2.23. The molecule has 6 nitrogen and oxygen atoms in total. The number of aryl methyl sites for hydroxylation is 1. The number of aromatic nitrogens is 2. The highest BCUT2D eigenvalue weighted by atomic mass is 79.9. The van der Waals surface area contributed by atoms with Gasteiger partial charge in [0.05, 0.1) is 11.4 Å². The molecule has 7 heteroatoms. The molecule has 0 radical (unpaired) electrons. The maximum atomic E-state index is 13.1. The molecule has 0 bridgehead atoms.